The molecule has 5 aliphatic rings. The molecule has 2 nitrogen and oxygen atoms in total. The molecule has 1 spiro atoms. The Morgan fingerprint density at radius 2 is 1.86 bits per heavy atom. The lowest BCUT2D eigenvalue weighted by atomic mass is 9.47. The van der Waals surface area contributed by atoms with E-state index in [2.05, 4.69) is 10.6 Å². The van der Waals surface area contributed by atoms with Crippen molar-refractivity contribution in [2.75, 3.05) is 10.6 Å². The maximum atomic E-state index is 13.5. The average molecular weight is 302 g/mol. The van der Waals surface area contributed by atoms with E-state index in [-0.39, 0.29) is 11.2 Å². The molecule has 3 atom stereocenters. The highest BCUT2D eigenvalue weighted by Gasteiger charge is 2.59. The van der Waals surface area contributed by atoms with Gasteiger partial charge in [-0.15, -0.1) is 0 Å². The second kappa shape index (κ2) is 3.97. The maximum Gasteiger partial charge on any atom is 0.125 e. The van der Waals surface area contributed by atoms with Gasteiger partial charge in [-0.05, 0) is 68.1 Å². The van der Waals surface area contributed by atoms with Gasteiger partial charge in [0, 0.05) is 11.5 Å². The first-order chi connectivity index (χ1) is 10.1. The Hall–Kier alpha value is -1.16. The van der Waals surface area contributed by atoms with Gasteiger partial charge in [0.1, 0.15) is 5.82 Å². The van der Waals surface area contributed by atoms with Gasteiger partial charge in [-0.2, -0.15) is 0 Å². The molecular formula is C17H19FN2S. The third-order valence-corrected chi connectivity index (χ3v) is 6.81. The van der Waals surface area contributed by atoms with Crippen molar-refractivity contribution in [3.05, 3.63) is 24.0 Å². The first-order valence-electron chi connectivity index (χ1n) is 8.01. The molecule has 21 heavy (non-hydrogen) atoms. The van der Waals surface area contributed by atoms with Crippen molar-refractivity contribution in [3.8, 4) is 0 Å². The Kier molecular flexibility index (Phi) is 2.35. The fourth-order valence-electron chi connectivity index (χ4n) is 5.78. The molecule has 4 aliphatic carbocycles. The first-order valence-corrected chi connectivity index (χ1v) is 8.42. The highest BCUT2D eigenvalue weighted by Crippen LogP contribution is 2.62. The molecule has 0 saturated heterocycles. The summed E-state index contributed by atoms with van der Waals surface area (Å²) in [4.78, 5) is 0.948. The molecule has 6 rings (SSSR count). The highest BCUT2D eigenvalue weighted by molar-refractivity contribution is 7.80. The van der Waals surface area contributed by atoms with Gasteiger partial charge < -0.3 is 10.6 Å². The number of anilines is 2. The Balaban J connectivity index is 1.64. The van der Waals surface area contributed by atoms with Crippen LogP contribution in [0.25, 0.3) is 0 Å². The van der Waals surface area contributed by atoms with Gasteiger partial charge in [-0.1, -0.05) is 12.2 Å². The lowest BCUT2D eigenvalue weighted by Gasteiger charge is -2.60. The summed E-state index contributed by atoms with van der Waals surface area (Å²) in [5, 5.41) is 7.11. The van der Waals surface area contributed by atoms with Gasteiger partial charge in [-0.3, -0.25) is 0 Å². The predicted molar refractivity (Wildman–Crippen MR) is 86.0 cm³/mol. The number of halogens is 1. The topological polar surface area (TPSA) is 24.1 Å². The zero-order valence-corrected chi connectivity index (χ0v) is 12.7. The van der Waals surface area contributed by atoms with E-state index in [0.29, 0.717) is 6.04 Å². The quantitative estimate of drug-likeness (QED) is 0.703. The molecule has 0 amide bonds. The summed E-state index contributed by atoms with van der Waals surface area (Å²) in [5.74, 6) is 2.21. The van der Waals surface area contributed by atoms with Crippen LogP contribution in [0.3, 0.4) is 0 Å². The third kappa shape index (κ3) is 1.60. The van der Waals surface area contributed by atoms with E-state index < -0.39 is 0 Å². The summed E-state index contributed by atoms with van der Waals surface area (Å²) in [6.07, 6.45) is 6.50. The number of benzene rings is 1. The van der Waals surface area contributed by atoms with Crippen LogP contribution in [-0.4, -0.2) is 11.0 Å². The summed E-state index contributed by atoms with van der Waals surface area (Å²) in [5.41, 5.74) is 1.91. The van der Waals surface area contributed by atoms with E-state index in [4.69, 9.17) is 12.2 Å². The highest BCUT2D eigenvalue weighted by atomic mass is 32.1. The second-order valence-corrected chi connectivity index (χ2v) is 7.94. The molecule has 1 heterocycles. The zero-order valence-electron chi connectivity index (χ0n) is 11.9. The molecule has 1 aliphatic heterocycles. The van der Waals surface area contributed by atoms with Crippen molar-refractivity contribution in [1.29, 1.82) is 0 Å². The number of thiocarbonyl (C=S) groups is 1. The average Bonchev–Trinajstić information content (AvgIpc) is 2.54. The fraction of sp³-hybridized carbons (Fsp3) is 0.588. The molecule has 4 fully saturated rings. The van der Waals surface area contributed by atoms with Crippen LogP contribution in [0.1, 0.15) is 32.1 Å². The monoisotopic (exact) mass is 302 g/mol. The molecule has 2 N–H and O–H groups in total. The SMILES string of the molecule is Fc1ccc2c(c1)NC(=S)C13CC4CC(CC(C4)C1N2)C3. The Bertz CT molecular complexity index is 630. The molecule has 4 bridgehead atoms. The lowest BCUT2D eigenvalue weighted by molar-refractivity contribution is -0.0230. The Morgan fingerprint density at radius 3 is 2.62 bits per heavy atom. The van der Waals surface area contributed by atoms with Crippen molar-refractivity contribution in [1.82, 2.24) is 0 Å². The van der Waals surface area contributed by atoms with Crippen LogP contribution in [0.5, 0.6) is 0 Å². The zero-order chi connectivity index (χ0) is 14.2. The smallest absolute Gasteiger partial charge is 0.125 e. The van der Waals surface area contributed by atoms with Crippen LogP contribution < -0.4 is 10.6 Å². The second-order valence-electron chi connectivity index (χ2n) is 7.53. The van der Waals surface area contributed by atoms with Crippen LogP contribution in [0.15, 0.2) is 18.2 Å². The van der Waals surface area contributed by atoms with Crippen molar-refractivity contribution in [3.63, 3.8) is 0 Å². The summed E-state index contributed by atoms with van der Waals surface area (Å²) >= 11 is 5.81. The molecule has 1 aromatic carbocycles. The maximum absolute atomic E-state index is 13.5. The van der Waals surface area contributed by atoms with Crippen LogP contribution >= 0.6 is 12.2 Å². The van der Waals surface area contributed by atoms with Gasteiger partial charge in [0.15, 0.2) is 0 Å². The number of hydrogen-bond donors (Lipinski definition) is 2. The van der Waals surface area contributed by atoms with Crippen LogP contribution in [-0.2, 0) is 0 Å². The summed E-state index contributed by atoms with van der Waals surface area (Å²) in [6.45, 7) is 0. The largest absolute Gasteiger partial charge is 0.379 e. The number of nitrogens with one attached hydrogen (secondary N) is 2. The molecule has 1 aromatic rings. The van der Waals surface area contributed by atoms with Gasteiger partial charge in [0.2, 0.25) is 0 Å². The van der Waals surface area contributed by atoms with Gasteiger partial charge in [0.25, 0.3) is 0 Å². The van der Waals surface area contributed by atoms with Gasteiger partial charge in [-0.25, -0.2) is 4.39 Å². The van der Waals surface area contributed by atoms with Gasteiger partial charge >= 0.3 is 0 Å². The van der Waals surface area contributed by atoms with E-state index in [0.717, 1.165) is 34.1 Å². The minimum absolute atomic E-state index is 0.0968. The summed E-state index contributed by atoms with van der Waals surface area (Å²) < 4.78 is 13.5. The molecular weight excluding hydrogens is 283 g/mol. The van der Waals surface area contributed by atoms with E-state index in [1.165, 1.54) is 38.2 Å². The minimum Gasteiger partial charge on any atom is -0.379 e. The van der Waals surface area contributed by atoms with E-state index >= 15 is 0 Å². The predicted octanol–water partition coefficient (Wildman–Crippen LogP) is 4.19. The number of fused-ring (bicyclic) bond motifs is 1. The number of hydrogen-bond acceptors (Lipinski definition) is 2. The summed E-state index contributed by atoms with van der Waals surface area (Å²) in [7, 11) is 0. The summed E-state index contributed by atoms with van der Waals surface area (Å²) in [6, 6.07) is 5.37. The Labute approximate surface area is 129 Å². The van der Waals surface area contributed by atoms with Crippen molar-refractivity contribution in [2.45, 2.75) is 38.1 Å². The molecule has 4 saturated carbocycles. The first kappa shape index (κ1) is 12.4. The molecule has 4 heteroatoms. The van der Waals surface area contributed by atoms with Crippen molar-refractivity contribution < 1.29 is 4.39 Å². The van der Waals surface area contributed by atoms with E-state index in [1.54, 1.807) is 6.07 Å². The minimum atomic E-state index is -0.209. The van der Waals surface area contributed by atoms with Crippen LogP contribution in [0.4, 0.5) is 15.8 Å². The van der Waals surface area contributed by atoms with Crippen LogP contribution in [0.2, 0.25) is 0 Å². The van der Waals surface area contributed by atoms with Crippen molar-refractivity contribution in [2.24, 2.45) is 23.2 Å². The molecule has 0 radical (unpaired) electrons. The van der Waals surface area contributed by atoms with Crippen LogP contribution in [0, 0.1) is 29.0 Å². The fourth-order valence-corrected chi connectivity index (χ4v) is 6.19. The number of rotatable bonds is 0. The normalized spacial score (nSPS) is 42.6. The molecule has 3 unspecified atom stereocenters. The van der Waals surface area contributed by atoms with E-state index in [1.807, 2.05) is 6.07 Å². The van der Waals surface area contributed by atoms with Gasteiger partial charge in [0.05, 0.1) is 16.4 Å². The third-order valence-electron chi connectivity index (χ3n) is 6.30. The molecule has 0 aromatic heterocycles. The lowest BCUT2D eigenvalue weighted by Crippen LogP contribution is -2.61. The van der Waals surface area contributed by atoms with E-state index in [9.17, 15) is 4.39 Å². The standard InChI is InChI=1S/C17H19FN2S/c18-12-1-2-13-14(6-12)20-16(21)17-7-9-3-10(8-17)5-11(4-9)15(17)19-13/h1-2,6,9-11,15,19H,3-5,7-8H2,(H,20,21). The van der Waals surface area contributed by atoms with Crippen molar-refractivity contribution >= 4 is 28.6 Å². The Morgan fingerprint density at radius 1 is 1.10 bits per heavy atom. The molecule has 110 valence electrons.